The molecule has 0 bridgehead atoms. The lowest BCUT2D eigenvalue weighted by atomic mass is 9.83. The highest BCUT2D eigenvalue weighted by Gasteiger charge is 2.22. The van der Waals surface area contributed by atoms with Crippen LogP contribution in [-0.2, 0) is 6.42 Å². The summed E-state index contributed by atoms with van der Waals surface area (Å²) in [6.45, 7) is 4.28. The summed E-state index contributed by atoms with van der Waals surface area (Å²) < 4.78 is 0. The molecule has 0 amide bonds. The van der Waals surface area contributed by atoms with Gasteiger partial charge in [-0.25, -0.2) is 0 Å². The third-order valence-corrected chi connectivity index (χ3v) is 2.14. The van der Waals surface area contributed by atoms with Crippen LogP contribution in [0.15, 0.2) is 12.1 Å². The van der Waals surface area contributed by atoms with Crippen molar-refractivity contribution in [1.29, 1.82) is 0 Å². The van der Waals surface area contributed by atoms with Gasteiger partial charge in [-0.2, -0.15) is 0 Å². The smallest absolute Gasteiger partial charge is 0.0470 e. The first-order valence-electron chi connectivity index (χ1n) is 3.74. The molecule has 1 unspecified atom stereocenters. The van der Waals surface area contributed by atoms with Crippen molar-refractivity contribution in [2.75, 3.05) is 0 Å². The van der Waals surface area contributed by atoms with Crippen molar-refractivity contribution >= 4 is 0 Å². The van der Waals surface area contributed by atoms with E-state index < -0.39 is 0 Å². The van der Waals surface area contributed by atoms with Crippen LogP contribution in [0.5, 0.6) is 0 Å². The fraction of sp³-hybridized carbons (Fsp3) is 0.444. The number of fused-ring (bicyclic) bond motifs is 1. The summed E-state index contributed by atoms with van der Waals surface area (Å²) in [6, 6.07) is 4.28. The van der Waals surface area contributed by atoms with Crippen LogP contribution < -0.4 is 0 Å². The molecule has 1 heteroatoms. The monoisotopic (exact) mass is 133 g/mol. The van der Waals surface area contributed by atoms with E-state index in [0.717, 1.165) is 5.69 Å². The SMILES string of the molecule is Cc1ccc2c(n1)C(C)C2. The summed E-state index contributed by atoms with van der Waals surface area (Å²) in [6.07, 6.45) is 1.22. The van der Waals surface area contributed by atoms with E-state index in [1.54, 1.807) is 0 Å². The number of rotatable bonds is 0. The Labute approximate surface area is 61.1 Å². The molecule has 1 aliphatic rings. The third kappa shape index (κ3) is 0.666. The first-order chi connectivity index (χ1) is 4.77. The molecule has 0 saturated carbocycles. The quantitative estimate of drug-likeness (QED) is 0.527. The molecule has 1 aliphatic carbocycles. The zero-order valence-corrected chi connectivity index (χ0v) is 6.39. The molecule has 1 nitrogen and oxygen atoms in total. The molecule has 1 aromatic heterocycles. The van der Waals surface area contributed by atoms with Crippen LogP contribution in [-0.4, -0.2) is 4.98 Å². The van der Waals surface area contributed by atoms with Crippen LogP contribution in [0.25, 0.3) is 0 Å². The molecule has 52 valence electrons. The van der Waals surface area contributed by atoms with Crippen LogP contribution in [0.3, 0.4) is 0 Å². The van der Waals surface area contributed by atoms with Crippen molar-refractivity contribution in [2.24, 2.45) is 0 Å². The van der Waals surface area contributed by atoms with E-state index in [9.17, 15) is 0 Å². The second-order valence-corrected chi connectivity index (χ2v) is 3.10. The average molecular weight is 133 g/mol. The molecule has 0 N–H and O–H groups in total. The van der Waals surface area contributed by atoms with Crippen molar-refractivity contribution in [2.45, 2.75) is 26.2 Å². The van der Waals surface area contributed by atoms with Gasteiger partial charge in [-0.1, -0.05) is 13.0 Å². The maximum Gasteiger partial charge on any atom is 0.0470 e. The van der Waals surface area contributed by atoms with Gasteiger partial charge in [-0.3, -0.25) is 4.98 Å². The van der Waals surface area contributed by atoms with E-state index in [1.807, 2.05) is 6.92 Å². The number of nitrogens with zero attached hydrogens (tertiary/aromatic N) is 1. The third-order valence-electron chi connectivity index (χ3n) is 2.14. The van der Waals surface area contributed by atoms with Crippen LogP contribution in [0.2, 0.25) is 0 Å². The minimum atomic E-state index is 0.704. The summed E-state index contributed by atoms with van der Waals surface area (Å²) >= 11 is 0. The Balaban J connectivity index is 2.51. The predicted octanol–water partition coefficient (Wildman–Crippen LogP) is 2.05. The van der Waals surface area contributed by atoms with Gasteiger partial charge in [0.1, 0.15) is 0 Å². The lowest BCUT2D eigenvalue weighted by Crippen LogP contribution is -2.16. The molecule has 0 saturated heterocycles. The summed E-state index contributed by atoms with van der Waals surface area (Å²) in [5.74, 6) is 0.704. The molecule has 1 heterocycles. The lowest BCUT2D eigenvalue weighted by Gasteiger charge is -2.25. The van der Waals surface area contributed by atoms with Gasteiger partial charge < -0.3 is 0 Å². The van der Waals surface area contributed by atoms with Crippen LogP contribution in [0.4, 0.5) is 0 Å². The van der Waals surface area contributed by atoms with Crippen molar-refractivity contribution in [3.8, 4) is 0 Å². The van der Waals surface area contributed by atoms with Gasteiger partial charge in [0.2, 0.25) is 0 Å². The second kappa shape index (κ2) is 1.82. The summed E-state index contributed by atoms with van der Waals surface area (Å²) in [7, 11) is 0. The van der Waals surface area contributed by atoms with Gasteiger partial charge >= 0.3 is 0 Å². The second-order valence-electron chi connectivity index (χ2n) is 3.10. The molecule has 10 heavy (non-hydrogen) atoms. The highest BCUT2D eigenvalue weighted by Crippen LogP contribution is 2.32. The van der Waals surface area contributed by atoms with E-state index in [1.165, 1.54) is 17.7 Å². The Morgan fingerprint density at radius 2 is 2.30 bits per heavy atom. The summed E-state index contributed by atoms with van der Waals surface area (Å²) in [5, 5.41) is 0. The highest BCUT2D eigenvalue weighted by molar-refractivity contribution is 5.34. The molecule has 0 spiro atoms. The van der Waals surface area contributed by atoms with Crippen LogP contribution >= 0.6 is 0 Å². The first-order valence-corrected chi connectivity index (χ1v) is 3.74. The molecule has 0 aliphatic heterocycles. The number of pyridine rings is 1. The van der Waals surface area contributed by atoms with Crippen molar-refractivity contribution < 1.29 is 0 Å². The normalized spacial score (nSPS) is 21.6. The minimum Gasteiger partial charge on any atom is -0.258 e. The predicted molar refractivity (Wildman–Crippen MR) is 41.1 cm³/mol. The Morgan fingerprint density at radius 3 is 2.90 bits per heavy atom. The number of hydrogen-bond acceptors (Lipinski definition) is 1. The fourth-order valence-corrected chi connectivity index (χ4v) is 1.50. The van der Waals surface area contributed by atoms with Crippen LogP contribution in [0.1, 0.15) is 29.8 Å². The van der Waals surface area contributed by atoms with Gasteiger partial charge in [0, 0.05) is 17.3 Å². The molecule has 0 aromatic carbocycles. The van der Waals surface area contributed by atoms with Crippen LogP contribution in [0, 0.1) is 6.92 Å². The molecule has 0 fully saturated rings. The number of aromatic nitrogens is 1. The van der Waals surface area contributed by atoms with Gasteiger partial charge in [0.15, 0.2) is 0 Å². The van der Waals surface area contributed by atoms with E-state index >= 15 is 0 Å². The van der Waals surface area contributed by atoms with E-state index in [4.69, 9.17) is 0 Å². The van der Waals surface area contributed by atoms with E-state index in [2.05, 4.69) is 24.0 Å². The van der Waals surface area contributed by atoms with E-state index in [0.29, 0.717) is 5.92 Å². The molecular formula is C9H11N. The number of aryl methyl sites for hydroxylation is 1. The van der Waals surface area contributed by atoms with Gasteiger partial charge in [0.25, 0.3) is 0 Å². The van der Waals surface area contributed by atoms with Gasteiger partial charge in [0.05, 0.1) is 0 Å². The lowest BCUT2D eigenvalue weighted by molar-refractivity contribution is 0.631. The Kier molecular flexibility index (Phi) is 1.07. The van der Waals surface area contributed by atoms with Gasteiger partial charge in [-0.05, 0) is 25.0 Å². The zero-order chi connectivity index (χ0) is 7.14. The highest BCUT2D eigenvalue weighted by atomic mass is 14.7. The summed E-state index contributed by atoms with van der Waals surface area (Å²) in [5.41, 5.74) is 3.91. The zero-order valence-electron chi connectivity index (χ0n) is 6.39. The molecule has 1 atom stereocenters. The number of hydrogen-bond donors (Lipinski definition) is 0. The molecule has 0 radical (unpaired) electrons. The molecule has 1 aromatic rings. The Hall–Kier alpha value is -0.850. The van der Waals surface area contributed by atoms with E-state index in [-0.39, 0.29) is 0 Å². The maximum absolute atomic E-state index is 4.44. The summed E-state index contributed by atoms with van der Waals surface area (Å²) in [4.78, 5) is 4.44. The largest absolute Gasteiger partial charge is 0.258 e. The van der Waals surface area contributed by atoms with Gasteiger partial charge in [-0.15, -0.1) is 0 Å². The van der Waals surface area contributed by atoms with Crippen molar-refractivity contribution in [3.63, 3.8) is 0 Å². The first kappa shape index (κ1) is 5.90. The molecule has 2 rings (SSSR count). The Morgan fingerprint density at radius 1 is 1.50 bits per heavy atom. The van der Waals surface area contributed by atoms with Crippen molar-refractivity contribution in [1.82, 2.24) is 4.98 Å². The van der Waals surface area contributed by atoms with Crippen molar-refractivity contribution in [3.05, 3.63) is 29.1 Å². The fourth-order valence-electron chi connectivity index (χ4n) is 1.50. The average Bonchev–Trinajstić information content (AvgIpc) is 1.92. The minimum absolute atomic E-state index is 0.704. The topological polar surface area (TPSA) is 12.9 Å². The standard InChI is InChI=1S/C9H11N/c1-6-5-8-4-3-7(2)10-9(6)8/h3-4,6H,5H2,1-2H3. The molecular weight excluding hydrogens is 122 g/mol. The Bertz CT molecular complexity index is 265. The maximum atomic E-state index is 4.44.